The van der Waals surface area contributed by atoms with Gasteiger partial charge in [-0.3, -0.25) is 9.36 Å². The molecule has 0 fully saturated rings. The molecule has 3 aromatic rings. The lowest BCUT2D eigenvalue weighted by atomic mass is 10.2. The number of carbonyl (C=O) groups is 1. The number of aryl methyl sites for hydroxylation is 1. The van der Waals surface area contributed by atoms with E-state index in [0.717, 1.165) is 0 Å². The van der Waals surface area contributed by atoms with Crippen LogP contribution in [0.2, 0.25) is 5.02 Å². The van der Waals surface area contributed by atoms with E-state index in [-0.39, 0.29) is 11.5 Å². The van der Waals surface area contributed by atoms with E-state index in [0.29, 0.717) is 39.6 Å². The van der Waals surface area contributed by atoms with Crippen molar-refractivity contribution in [3.05, 3.63) is 69.2 Å². The first-order valence-corrected chi connectivity index (χ1v) is 7.85. The minimum Gasteiger partial charge on any atom is -0.462 e. The van der Waals surface area contributed by atoms with Gasteiger partial charge in [-0.05, 0) is 56.3 Å². The molecule has 1 aromatic heterocycles. The monoisotopic (exact) mass is 342 g/mol. The number of ether oxygens (including phenoxy) is 1. The number of rotatable bonds is 3. The van der Waals surface area contributed by atoms with Gasteiger partial charge in [-0.15, -0.1) is 0 Å². The van der Waals surface area contributed by atoms with Crippen molar-refractivity contribution in [2.75, 3.05) is 6.61 Å². The normalized spacial score (nSPS) is 10.8. The van der Waals surface area contributed by atoms with Crippen LogP contribution in [0.5, 0.6) is 0 Å². The second-order valence-electron chi connectivity index (χ2n) is 5.23. The Hall–Kier alpha value is -2.66. The molecule has 0 amide bonds. The Morgan fingerprint density at radius 1 is 1.21 bits per heavy atom. The zero-order valence-corrected chi connectivity index (χ0v) is 14.0. The van der Waals surface area contributed by atoms with Gasteiger partial charge in [0, 0.05) is 5.02 Å². The van der Waals surface area contributed by atoms with Crippen LogP contribution in [0.1, 0.15) is 23.1 Å². The van der Waals surface area contributed by atoms with Crippen LogP contribution in [0.4, 0.5) is 0 Å². The summed E-state index contributed by atoms with van der Waals surface area (Å²) in [5.74, 6) is 0.151. The fourth-order valence-electron chi connectivity index (χ4n) is 2.53. The number of hydrogen-bond acceptors (Lipinski definition) is 4. The summed E-state index contributed by atoms with van der Waals surface area (Å²) in [6.07, 6.45) is 0. The summed E-state index contributed by atoms with van der Waals surface area (Å²) in [7, 11) is 0. The van der Waals surface area contributed by atoms with Crippen LogP contribution in [0.25, 0.3) is 16.6 Å². The van der Waals surface area contributed by atoms with E-state index < -0.39 is 0 Å². The van der Waals surface area contributed by atoms with Crippen molar-refractivity contribution >= 4 is 28.5 Å². The Balaban J connectivity index is 2.11. The van der Waals surface area contributed by atoms with Crippen LogP contribution >= 0.6 is 11.6 Å². The number of hydrogen-bond donors (Lipinski definition) is 0. The lowest BCUT2D eigenvalue weighted by molar-refractivity contribution is 0.0526. The highest BCUT2D eigenvalue weighted by Crippen LogP contribution is 2.17. The van der Waals surface area contributed by atoms with Crippen molar-refractivity contribution < 1.29 is 9.53 Å². The summed E-state index contributed by atoms with van der Waals surface area (Å²) < 4.78 is 6.46. The van der Waals surface area contributed by atoms with Gasteiger partial charge in [0.1, 0.15) is 5.82 Å². The number of esters is 1. The summed E-state index contributed by atoms with van der Waals surface area (Å²) in [5, 5.41) is 1.02. The van der Waals surface area contributed by atoms with Crippen molar-refractivity contribution in [2.45, 2.75) is 13.8 Å². The van der Waals surface area contributed by atoms with Gasteiger partial charge in [0.25, 0.3) is 5.56 Å². The Bertz CT molecular complexity index is 978. The average molecular weight is 343 g/mol. The Morgan fingerprint density at radius 3 is 2.58 bits per heavy atom. The van der Waals surface area contributed by atoms with E-state index in [4.69, 9.17) is 16.3 Å². The van der Waals surface area contributed by atoms with E-state index >= 15 is 0 Å². The topological polar surface area (TPSA) is 61.2 Å². The highest BCUT2D eigenvalue weighted by molar-refractivity contribution is 6.31. The molecular weight excluding hydrogens is 328 g/mol. The van der Waals surface area contributed by atoms with E-state index in [2.05, 4.69) is 4.98 Å². The third kappa shape index (κ3) is 2.90. The first-order valence-electron chi connectivity index (χ1n) is 7.47. The summed E-state index contributed by atoms with van der Waals surface area (Å²) in [6, 6.07) is 11.6. The Kier molecular flexibility index (Phi) is 4.36. The van der Waals surface area contributed by atoms with Crippen LogP contribution in [0.3, 0.4) is 0 Å². The molecule has 24 heavy (non-hydrogen) atoms. The summed E-state index contributed by atoms with van der Waals surface area (Å²) in [6.45, 7) is 3.82. The quantitative estimate of drug-likeness (QED) is 0.683. The molecule has 0 saturated heterocycles. The zero-order chi connectivity index (χ0) is 17.3. The van der Waals surface area contributed by atoms with Gasteiger partial charge in [-0.2, -0.15) is 0 Å². The van der Waals surface area contributed by atoms with Gasteiger partial charge < -0.3 is 4.74 Å². The van der Waals surface area contributed by atoms with Gasteiger partial charge in [-0.25, -0.2) is 9.78 Å². The Labute approximate surface area is 143 Å². The maximum Gasteiger partial charge on any atom is 0.338 e. The summed E-state index contributed by atoms with van der Waals surface area (Å²) in [5.41, 5.74) is 1.45. The number of fused-ring (bicyclic) bond motifs is 1. The minimum absolute atomic E-state index is 0.182. The van der Waals surface area contributed by atoms with E-state index in [9.17, 15) is 9.59 Å². The highest BCUT2D eigenvalue weighted by atomic mass is 35.5. The molecule has 0 saturated carbocycles. The van der Waals surface area contributed by atoms with E-state index in [1.54, 1.807) is 56.3 Å². The molecule has 5 nitrogen and oxygen atoms in total. The van der Waals surface area contributed by atoms with Crippen molar-refractivity contribution in [3.63, 3.8) is 0 Å². The van der Waals surface area contributed by atoms with Crippen molar-refractivity contribution in [3.8, 4) is 5.69 Å². The molecule has 6 heteroatoms. The van der Waals surface area contributed by atoms with Crippen molar-refractivity contribution in [1.29, 1.82) is 0 Å². The third-order valence-electron chi connectivity index (χ3n) is 3.64. The van der Waals surface area contributed by atoms with Crippen LogP contribution in [0, 0.1) is 6.92 Å². The molecule has 3 rings (SSSR count). The third-order valence-corrected chi connectivity index (χ3v) is 3.87. The molecule has 0 atom stereocenters. The van der Waals surface area contributed by atoms with E-state index in [1.165, 1.54) is 4.57 Å². The number of nitrogens with zero attached hydrogens (tertiary/aromatic N) is 2. The van der Waals surface area contributed by atoms with Crippen LogP contribution in [-0.2, 0) is 4.74 Å². The Morgan fingerprint density at radius 2 is 1.92 bits per heavy atom. The molecule has 0 aliphatic carbocycles. The molecule has 0 aliphatic heterocycles. The summed E-state index contributed by atoms with van der Waals surface area (Å²) >= 11 is 5.96. The van der Waals surface area contributed by atoms with Gasteiger partial charge >= 0.3 is 5.97 Å². The first kappa shape index (κ1) is 16.2. The molecule has 0 aliphatic rings. The van der Waals surface area contributed by atoms with Crippen LogP contribution in [0.15, 0.2) is 47.3 Å². The molecule has 0 spiro atoms. The fraction of sp³-hybridized carbons (Fsp3) is 0.167. The van der Waals surface area contributed by atoms with Crippen LogP contribution < -0.4 is 5.56 Å². The minimum atomic E-state index is -0.389. The smallest absolute Gasteiger partial charge is 0.338 e. The largest absolute Gasteiger partial charge is 0.462 e. The number of halogens is 1. The highest BCUT2D eigenvalue weighted by Gasteiger charge is 2.12. The fourth-order valence-corrected chi connectivity index (χ4v) is 2.70. The average Bonchev–Trinajstić information content (AvgIpc) is 2.55. The molecule has 1 heterocycles. The van der Waals surface area contributed by atoms with Gasteiger partial charge in [0.15, 0.2) is 0 Å². The second-order valence-corrected chi connectivity index (χ2v) is 5.66. The van der Waals surface area contributed by atoms with Crippen molar-refractivity contribution in [1.82, 2.24) is 9.55 Å². The predicted octanol–water partition coefficient (Wildman–Crippen LogP) is 3.52. The number of aromatic nitrogens is 2. The number of benzene rings is 2. The first-order chi connectivity index (χ1) is 11.5. The lowest BCUT2D eigenvalue weighted by Crippen LogP contribution is -2.22. The predicted molar refractivity (Wildman–Crippen MR) is 93.0 cm³/mol. The van der Waals surface area contributed by atoms with E-state index in [1.807, 2.05) is 0 Å². The van der Waals surface area contributed by atoms with Gasteiger partial charge in [0.05, 0.1) is 28.8 Å². The van der Waals surface area contributed by atoms with Crippen LogP contribution in [-0.4, -0.2) is 22.1 Å². The molecule has 0 bridgehead atoms. The second kappa shape index (κ2) is 6.45. The van der Waals surface area contributed by atoms with Crippen molar-refractivity contribution in [2.24, 2.45) is 0 Å². The molecule has 0 unspecified atom stereocenters. The summed E-state index contributed by atoms with van der Waals surface area (Å²) in [4.78, 5) is 28.9. The standard InChI is InChI=1S/C18H15ClN2O3/c1-3-24-18(23)12-4-7-14(8-5-12)21-11(2)20-16-10-13(19)6-9-15(16)17(21)22/h4-10H,3H2,1-2H3. The molecule has 122 valence electrons. The molecule has 0 N–H and O–H groups in total. The number of carbonyl (C=O) groups excluding carboxylic acids is 1. The molecular formula is C18H15ClN2O3. The van der Waals surface area contributed by atoms with Gasteiger partial charge in [-0.1, -0.05) is 11.6 Å². The van der Waals surface area contributed by atoms with Gasteiger partial charge in [0.2, 0.25) is 0 Å². The zero-order valence-electron chi connectivity index (χ0n) is 13.2. The lowest BCUT2D eigenvalue weighted by Gasteiger charge is -2.11. The maximum absolute atomic E-state index is 12.8. The SMILES string of the molecule is CCOC(=O)c1ccc(-n2c(C)nc3cc(Cl)ccc3c2=O)cc1. The molecule has 0 radical (unpaired) electrons. The molecule has 2 aromatic carbocycles. The maximum atomic E-state index is 12.8.